The standard InChI is InChI=1S/C10H21N/c1-3-6-10(2)7-4-5-9(11)8-10/h9H,3-8,11H2,1-2H3/t9-,10+/m0/s1. The summed E-state index contributed by atoms with van der Waals surface area (Å²) in [6.07, 6.45) is 7.91. The number of rotatable bonds is 2. The summed E-state index contributed by atoms with van der Waals surface area (Å²) in [5, 5.41) is 0. The minimum Gasteiger partial charge on any atom is -0.328 e. The topological polar surface area (TPSA) is 26.0 Å². The van der Waals surface area contributed by atoms with Crippen LogP contribution in [-0.2, 0) is 0 Å². The molecule has 0 bridgehead atoms. The quantitative estimate of drug-likeness (QED) is 0.652. The predicted octanol–water partition coefficient (Wildman–Crippen LogP) is 2.69. The first kappa shape index (κ1) is 9.05. The minimum absolute atomic E-state index is 0.486. The van der Waals surface area contributed by atoms with E-state index >= 15 is 0 Å². The maximum atomic E-state index is 5.94. The number of hydrogen-bond donors (Lipinski definition) is 1. The second-order valence-corrected chi connectivity index (χ2v) is 4.42. The van der Waals surface area contributed by atoms with Crippen molar-refractivity contribution in [3.63, 3.8) is 0 Å². The first-order chi connectivity index (χ1) is 5.16. The predicted molar refractivity (Wildman–Crippen MR) is 49.5 cm³/mol. The van der Waals surface area contributed by atoms with E-state index in [2.05, 4.69) is 13.8 Å². The molecule has 1 rings (SSSR count). The maximum Gasteiger partial charge on any atom is 0.00440 e. The van der Waals surface area contributed by atoms with Crippen LogP contribution in [0.5, 0.6) is 0 Å². The first-order valence-electron chi connectivity index (χ1n) is 4.92. The van der Waals surface area contributed by atoms with Crippen molar-refractivity contribution in [3.05, 3.63) is 0 Å². The molecule has 0 aliphatic heterocycles. The van der Waals surface area contributed by atoms with E-state index < -0.39 is 0 Å². The second kappa shape index (κ2) is 3.57. The van der Waals surface area contributed by atoms with Crippen molar-refractivity contribution in [3.8, 4) is 0 Å². The summed E-state index contributed by atoms with van der Waals surface area (Å²) in [5.74, 6) is 0. The van der Waals surface area contributed by atoms with Gasteiger partial charge < -0.3 is 5.73 Å². The Labute approximate surface area is 70.4 Å². The Balaban J connectivity index is 2.41. The summed E-state index contributed by atoms with van der Waals surface area (Å²) in [6.45, 7) is 4.67. The summed E-state index contributed by atoms with van der Waals surface area (Å²) >= 11 is 0. The van der Waals surface area contributed by atoms with Crippen LogP contribution in [0.15, 0.2) is 0 Å². The zero-order chi connectivity index (χ0) is 8.32. The lowest BCUT2D eigenvalue weighted by atomic mass is 9.71. The van der Waals surface area contributed by atoms with Gasteiger partial charge in [-0.25, -0.2) is 0 Å². The molecule has 11 heavy (non-hydrogen) atoms. The Hall–Kier alpha value is -0.0400. The first-order valence-corrected chi connectivity index (χ1v) is 4.92. The molecular weight excluding hydrogens is 134 g/mol. The lowest BCUT2D eigenvalue weighted by Gasteiger charge is -2.36. The third kappa shape index (κ3) is 2.48. The SMILES string of the molecule is CCC[C@]1(C)CCC[C@H](N)C1. The summed E-state index contributed by atoms with van der Waals surface area (Å²) < 4.78 is 0. The van der Waals surface area contributed by atoms with Crippen molar-refractivity contribution in [2.45, 2.75) is 58.4 Å². The van der Waals surface area contributed by atoms with Gasteiger partial charge in [-0.05, 0) is 31.1 Å². The summed E-state index contributed by atoms with van der Waals surface area (Å²) in [5.41, 5.74) is 6.52. The average Bonchev–Trinajstić information content (AvgIpc) is 1.86. The van der Waals surface area contributed by atoms with E-state index in [1.54, 1.807) is 0 Å². The van der Waals surface area contributed by atoms with Gasteiger partial charge in [-0.15, -0.1) is 0 Å². The molecule has 0 heterocycles. The van der Waals surface area contributed by atoms with Gasteiger partial charge in [-0.1, -0.05) is 26.7 Å². The van der Waals surface area contributed by atoms with E-state index in [0.717, 1.165) is 0 Å². The molecule has 1 fully saturated rings. The zero-order valence-electron chi connectivity index (χ0n) is 7.90. The van der Waals surface area contributed by atoms with Crippen LogP contribution in [0.3, 0.4) is 0 Å². The van der Waals surface area contributed by atoms with Gasteiger partial charge in [0.1, 0.15) is 0 Å². The molecule has 0 saturated heterocycles. The van der Waals surface area contributed by atoms with Gasteiger partial charge >= 0.3 is 0 Å². The third-order valence-electron chi connectivity index (χ3n) is 2.96. The number of hydrogen-bond acceptors (Lipinski definition) is 1. The van der Waals surface area contributed by atoms with Crippen molar-refractivity contribution in [2.24, 2.45) is 11.1 Å². The van der Waals surface area contributed by atoms with Gasteiger partial charge in [0.15, 0.2) is 0 Å². The monoisotopic (exact) mass is 155 g/mol. The lowest BCUT2D eigenvalue weighted by molar-refractivity contribution is 0.179. The summed E-state index contributed by atoms with van der Waals surface area (Å²) in [6, 6.07) is 0.486. The highest BCUT2D eigenvalue weighted by Gasteiger charge is 2.29. The van der Waals surface area contributed by atoms with E-state index in [1.807, 2.05) is 0 Å². The van der Waals surface area contributed by atoms with Crippen molar-refractivity contribution < 1.29 is 0 Å². The van der Waals surface area contributed by atoms with E-state index in [0.29, 0.717) is 11.5 Å². The average molecular weight is 155 g/mol. The summed E-state index contributed by atoms with van der Waals surface area (Å²) in [4.78, 5) is 0. The van der Waals surface area contributed by atoms with Crippen LogP contribution in [0.4, 0.5) is 0 Å². The van der Waals surface area contributed by atoms with Crippen molar-refractivity contribution in [1.29, 1.82) is 0 Å². The lowest BCUT2D eigenvalue weighted by Crippen LogP contribution is -2.34. The Morgan fingerprint density at radius 2 is 2.27 bits per heavy atom. The van der Waals surface area contributed by atoms with Crippen LogP contribution < -0.4 is 5.73 Å². The molecule has 1 aliphatic carbocycles. The molecule has 2 N–H and O–H groups in total. The van der Waals surface area contributed by atoms with E-state index in [-0.39, 0.29) is 0 Å². The van der Waals surface area contributed by atoms with E-state index in [4.69, 9.17) is 5.73 Å². The third-order valence-corrected chi connectivity index (χ3v) is 2.96. The van der Waals surface area contributed by atoms with Gasteiger partial charge in [-0.2, -0.15) is 0 Å². The molecule has 0 aromatic rings. The summed E-state index contributed by atoms with van der Waals surface area (Å²) in [7, 11) is 0. The Morgan fingerprint density at radius 1 is 1.55 bits per heavy atom. The van der Waals surface area contributed by atoms with Crippen LogP contribution in [0, 0.1) is 5.41 Å². The molecule has 1 aliphatic rings. The highest BCUT2D eigenvalue weighted by molar-refractivity contribution is 4.84. The van der Waals surface area contributed by atoms with Gasteiger partial charge in [-0.3, -0.25) is 0 Å². The Morgan fingerprint density at radius 3 is 2.82 bits per heavy atom. The van der Waals surface area contributed by atoms with Crippen LogP contribution in [0.25, 0.3) is 0 Å². The van der Waals surface area contributed by atoms with Gasteiger partial charge in [0, 0.05) is 6.04 Å². The molecule has 1 heteroatoms. The molecule has 0 amide bonds. The van der Waals surface area contributed by atoms with Crippen LogP contribution in [0.2, 0.25) is 0 Å². The van der Waals surface area contributed by atoms with Crippen LogP contribution >= 0.6 is 0 Å². The fourth-order valence-electron chi connectivity index (χ4n) is 2.46. The van der Waals surface area contributed by atoms with Gasteiger partial charge in [0.2, 0.25) is 0 Å². The molecule has 2 atom stereocenters. The van der Waals surface area contributed by atoms with E-state index in [1.165, 1.54) is 38.5 Å². The molecular formula is C10H21N. The second-order valence-electron chi connectivity index (χ2n) is 4.42. The molecule has 0 radical (unpaired) electrons. The molecule has 0 aromatic heterocycles. The Bertz CT molecular complexity index is 118. The van der Waals surface area contributed by atoms with Gasteiger partial charge in [0.05, 0.1) is 0 Å². The van der Waals surface area contributed by atoms with Gasteiger partial charge in [0.25, 0.3) is 0 Å². The molecule has 0 unspecified atom stereocenters. The highest BCUT2D eigenvalue weighted by atomic mass is 14.6. The molecule has 0 aromatic carbocycles. The van der Waals surface area contributed by atoms with Crippen molar-refractivity contribution in [1.82, 2.24) is 0 Å². The highest BCUT2D eigenvalue weighted by Crippen LogP contribution is 2.38. The molecule has 1 nitrogen and oxygen atoms in total. The molecule has 1 saturated carbocycles. The fourth-order valence-corrected chi connectivity index (χ4v) is 2.46. The minimum atomic E-state index is 0.486. The van der Waals surface area contributed by atoms with Crippen LogP contribution in [-0.4, -0.2) is 6.04 Å². The molecule has 66 valence electrons. The van der Waals surface area contributed by atoms with E-state index in [9.17, 15) is 0 Å². The molecule has 0 spiro atoms. The fraction of sp³-hybridized carbons (Fsp3) is 1.00. The zero-order valence-corrected chi connectivity index (χ0v) is 7.90. The van der Waals surface area contributed by atoms with Crippen LogP contribution in [0.1, 0.15) is 52.4 Å². The number of nitrogens with two attached hydrogens (primary N) is 1. The Kier molecular flexibility index (Phi) is 2.94. The maximum absolute atomic E-state index is 5.94. The largest absolute Gasteiger partial charge is 0.328 e. The van der Waals surface area contributed by atoms with Crippen molar-refractivity contribution >= 4 is 0 Å². The smallest absolute Gasteiger partial charge is 0.00440 e. The normalized spacial score (nSPS) is 39.0. The van der Waals surface area contributed by atoms with Crippen molar-refractivity contribution in [2.75, 3.05) is 0 Å².